The van der Waals surface area contributed by atoms with E-state index in [1.807, 2.05) is 20.8 Å². The van der Waals surface area contributed by atoms with Crippen molar-refractivity contribution in [3.05, 3.63) is 11.3 Å². The molecule has 1 aromatic rings. The van der Waals surface area contributed by atoms with E-state index < -0.39 is 10.8 Å². The van der Waals surface area contributed by atoms with Gasteiger partial charge in [0.1, 0.15) is 10.8 Å². The molecular formula is C14H18ClN5O2S2. The van der Waals surface area contributed by atoms with Crippen molar-refractivity contribution in [1.29, 1.82) is 0 Å². The number of aryl methyl sites for hydroxylation is 1. The summed E-state index contributed by atoms with van der Waals surface area (Å²) in [6.45, 7) is 5.58. The molecule has 2 aliphatic heterocycles. The number of fused-ring (bicyclic) bond motifs is 1. The Morgan fingerprint density at radius 1 is 1.46 bits per heavy atom. The van der Waals surface area contributed by atoms with E-state index in [4.69, 9.17) is 11.6 Å². The minimum atomic E-state index is -0.568. The van der Waals surface area contributed by atoms with Crippen LogP contribution in [0.2, 0.25) is 0 Å². The van der Waals surface area contributed by atoms with Crippen LogP contribution in [0.3, 0.4) is 0 Å². The number of carbonyl (C=O) groups excluding carboxylic acids is 2. The summed E-state index contributed by atoms with van der Waals surface area (Å²) in [5.74, 6) is 1.01. The van der Waals surface area contributed by atoms with Crippen molar-refractivity contribution >= 4 is 46.8 Å². The van der Waals surface area contributed by atoms with Crippen LogP contribution in [0.25, 0.3) is 0 Å². The van der Waals surface area contributed by atoms with Crippen LogP contribution in [0, 0.1) is 5.41 Å². The third kappa shape index (κ3) is 2.97. The summed E-state index contributed by atoms with van der Waals surface area (Å²) in [6.07, 6.45) is 0. The lowest BCUT2D eigenvalue weighted by molar-refractivity contribution is -0.141. The zero-order chi connectivity index (χ0) is 17.6. The van der Waals surface area contributed by atoms with Gasteiger partial charge in [0.25, 0.3) is 0 Å². The zero-order valence-corrected chi connectivity index (χ0v) is 16.2. The van der Waals surface area contributed by atoms with E-state index in [-0.39, 0.29) is 17.1 Å². The molecule has 0 bridgehead atoms. The number of hydrogen-bond donors (Lipinski definition) is 0. The summed E-state index contributed by atoms with van der Waals surface area (Å²) >= 11 is 9.15. The monoisotopic (exact) mass is 387 g/mol. The van der Waals surface area contributed by atoms with Gasteiger partial charge < -0.3 is 0 Å². The fourth-order valence-electron chi connectivity index (χ4n) is 2.48. The first-order chi connectivity index (χ1) is 11.2. The lowest BCUT2D eigenvalue weighted by Gasteiger charge is -2.48. The number of ketones is 1. The van der Waals surface area contributed by atoms with Crippen LogP contribution in [-0.4, -0.2) is 59.1 Å². The number of amides is 1. The lowest BCUT2D eigenvalue weighted by Crippen LogP contribution is -2.63. The summed E-state index contributed by atoms with van der Waals surface area (Å²) in [6, 6.07) is 0. The Balaban J connectivity index is 1.91. The smallest absolute Gasteiger partial charge is 0.249 e. The molecule has 0 spiro atoms. The average Bonchev–Trinajstić information content (AvgIpc) is 2.94. The fraction of sp³-hybridized carbons (Fsp3) is 0.643. The van der Waals surface area contributed by atoms with Crippen molar-refractivity contribution in [2.45, 2.75) is 36.7 Å². The number of alkyl halides is 1. The second-order valence-electron chi connectivity index (χ2n) is 6.72. The van der Waals surface area contributed by atoms with Crippen molar-refractivity contribution in [1.82, 2.24) is 25.1 Å². The molecule has 0 aliphatic carbocycles. The molecule has 0 N–H and O–H groups in total. The van der Waals surface area contributed by atoms with Gasteiger partial charge in [0.05, 0.1) is 5.70 Å². The van der Waals surface area contributed by atoms with Gasteiger partial charge in [-0.15, -0.1) is 28.5 Å². The molecule has 24 heavy (non-hydrogen) atoms. The van der Waals surface area contributed by atoms with Gasteiger partial charge in [-0.05, 0) is 16.0 Å². The maximum atomic E-state index is 12.9. The first-order valence-corrected chi connectivity index (χ1v) is 9.89. The molecule has 0 saturated carbocycles. The SMILES string of the molecule is Cn1nnnc1SCC1=C(C(=O)C(C)(C)C)N2C(=O)[C@H](Cl)[C@@H]2SC1. The van der Waals surface area contributed by atoms with Crippen LogP contribution in [0.1, 0.15) is 20.8 Å². The minimum Gasteiger partial charge on any atom is -0.293 e. The van der Waals surface area contributed by atoms with Gasteiger partial charge in [-0.3, -0.25) is 14.5 Å². The second-order valence-corrected chi connectivity index (χ2v) is 9.23. The average molecular weight is 388 g/mol. The molecule has 3 heterocycles. The highest BCUT2D eigenvalue weighted by Crippen LogP contribution is 2.45. The number of carbonyl (C=O) groups is 2. The lowest BCUT2D eigenvalue weighted by atomic mass is 9.86. The van der Waals surface area contributed by atoms with Gasteiger partial charge in [0.15, 0.2) is 5.78 Å². The van der Waals surface area contributed by atoms with E-state index in [0.29, 0.717) is 22.4 Å². The standard InChI is InChI=1S/C14H18ClN5O2S2/c1-14(2,3)10(21)9-7(6-24-13-16-17-18-19(13)4)5-23-12-8(15)11(22)20(9)12/h8,12H,5-6H2,1-4H3/t8-,12-/m0/s1. The molecule has 1 amide bonds. The van der Waals surface area contributed by atoms with Crippen molar-refractivity contribution in [3.63, 3.8) is 0 Å². The Labute approximate surface area is 153 Å². The van der Waals surface area contributed by atoms with E-state index in [0.717, 1.165) is 5.57 Å². The highest BCUT2D eigenvalue weighted by molar-refractivity contribution is 8.01. The van der Waals surface area contributed by atoms with Crippen LogP contribution in [-0.2, 0) is 16.6 Å². The van der Waals surface area contributed by atoms with Crippen LogP contribution in [0.4, 0.5) is 0 Å². The normalized spacial score (nSPS) is 24.0. The van der Waals surface area contributed by atoms with E-state index in [1.54, 1.807) is 28.4 Å². The molecule has 1 fully saturated rings. The third-order valence-corrected chi connectivity index (χ3v) is 6.85. The summed E-state index contributed by atoms with van der Waals surface area (Å²) in [5, 5.41) is 11.3. The Bertz CT molecular complexity index is 727. The van der Waals surface area contributed by atoms with E-state index >= 15 is 0 Å². The summed E-state index contributed by atoms with van der Waals surface area (Å²) in [7, 11) is 1.76. The first kappa shape index (κ1) is 17.8. The number of aromatic nitrogens is 4. The molecule has 1 aromatic heterocycles. The van der Waals surface area contributed by atoms with Gasteiger partial charge in [0.2, 0.25) is 11.1 Å². The predicted molar refractivity (Wildman–Crippen MR) is 93.7 cm³/mol. The number of tetrazole rings is 1. The van der Waals surface area contributed by atoms with Crippen LogP contribution in [0.5, 0.6) is 0 Å². The molecule has 1 saturated heterocycles. The quantitative estimate of drug-likeness (QED) is 0.441. The molecule has 130 valence electrons. The van der Waals surface area contributed by atoms with Crippen LogP contribution < -0.4 is 0 Å². The van der Waals surface area contributed by atoms with Crippen LogP contribution >= 0.6 is 35.1 Å². The number of allylic oxidation sites excluding steroid dienone is 1. The highest BCUT2D eigenvalue weighted by Gasteiger charge is 2.53. The zero-order valence-electron chi connectivity index (χ0n) is 13.8. The minimum absolute atomic E-state index is 0.0311. The number of hydrogen-bond acceptors (Lipinski definition) is 7. The summed E-state index contributed by atoms with van der Waals surface area (Å²) < 4.78 is 1.58. The number of Topliss-reactive ketones (excluding diaryl/α,β-unsaturated/α-hetero) is 1. The molecule has 10 heteroatoms. The van der Waals surface area contributed by atoms with Gasteiger partial charge in [-0.1, -0.05) is 32.5 Å². The third-order valence-electron chi connectivity index (χ3n) is 3.84. The Hall–Kier alpha value is -1.06. The topological polar surface area (TPSA) is 81.0 Å². The molecule has 2 aliphatic rings. The number of halogens is 1. The Kier molecular flexibility index (Phi) is 4.69. The maximum absolute atomic E-state index is 12.9. The summed E-state index contributed by atoms with van der Waals surface area (Å²) in [5.41, 5.74) is 0.874. The van der Waals surface area contributed by atoms with Gasteiger partial charge in [-0.25, -0.2) is 4.68 Å². The molecule has 0 aromatic carbocycles. The predicted octanol–water partition coefficient (Wildman–Crippen LogP) is 1.69. The van der Waals surface area contributed by atoms with Crippen molar-refractivity contribution < 1.29 is 9.59 Å². The molecule has 0 radical (unpaired) electrons. The van der Waals surface area contributed by atoms with E-state index in [1.165, 1.54) is 11.8 Å². The first-order valence-electron chi connectivity index (χ1n) is 7.42. The molecule has 0 unspecified atom stereocenters. The van der Waals surface area contributed by atoms with Gasteiger partial charge >= 0.3 is 0 Å². The van der Waals surface area contributed by atoms with Crippen molar-refractivity contribution in [2.75, 3.05) is 11.5 Å². The number of rotatable bonds is 4. The fourth-order valence-corrected chi connectivity index (χ4v) is 5.16. The number of nitrogens with zero attached hydrogens (tertiary/aromatic N) is 5. The second kappa shape index (κ2) is 6.34. The molecule has 3 rings (SSSR count). The number of β-lactam (4-membered cyclic amide) rings is 1. The van der Waals surface area contributed by atoms with E-state index in [9.17, 15) is 9.59 Å². The van der Waals surface area contributed by atoms with Crippen molar-refractivity contribution in [3.8, 4) is 0 Å². The molecule has 7 nitrogen and oxygen atoms in total. The molecule has 2 atom stereocenters. The number of thioether (sulfide) groups is 2. The Morgan fingerprint density at radius 2 is 2.17 bits per heavy atom. The maximum Gasteiger partial charge on any atom is 0.249 e. The van der Waals surface area contributed by atoms with Crippen LogP contribution in [0.15, 0.2) is 16.4 Å². The largest absolute Gasteiger partial charge is 0.293 e. The van der Waals surface area contributed by atoms with Crippen molar-refractivity contribution in [2.24, 2.45) is 12.5 Å². The summed E-state index contributed by atoms with van der Waals surface area (Å²) in [4.78, 5) is 26.7. The van der Waals surface area contributed by atoms with E-state index in [2.05, 4.69) is 15.5 Å². The van der Waals surface area contributed by atoms with Gasteiger partial charge in [0, 0.05) is 24.0 Å². The highest BCUT2D eigenvalue weighted by atomic mass is 35.5. The Morgan fingerprint density at radius 3 is 2.75 bits per heavy atom. The van der Waals surface area contributed by atoms with Gasteiger partial charge in [-0.2, -0.15) is 0 Å². The molecular weight excluding hydrogens is 370 g/mol.